The maximum absolute atomic E-state index is 11.8. The van der Waals surface area contributed by atoms with Gasteiger partial charge < -0.3 is 20.4 Å². The van der Waals surface area contributed by atoms with Gasteiger partial charge in [-0.15, -0.1) is 0 Å². The lowest BCUT2D eigenvalue weighted by Crippen LogP contribution is -2.62. The van der Waals surface area contributed by atoms with Crippen molar-refractivity contribution in [3.05, 3.63) is 0 Å². The highest BCUT2D eigenvalue weighted by molar-refractivity contribution is 5.48. The summed E-state index contributed by atoms with van der Waals surface area (Å²) in [4.78, 5) is 27.4. The summed E-state index contributed by atoms with van der Waals surface area (Å²) in [7, 11) is 0. The van der Waals surface area contributed by atoms with Crippen molar-refractivity contribution < 1.29 is 9.59 Å². The summed E-state index contributed by atoms with van der Waals surface area (Å²) in [5, 5.41) is 7.28. The summed E-state index contributed by atoms with van der Waals surface area (Å²) in [6, 6.07) is 0.939. The lowest BCUT2D eigenvalue weighted by molar-refractivity contribution is -0.122. The van der Waals surface area contributed by atoms with Gasteiger partial charge in [-0.3, -0.25) is 9.59 Å². The normalized spacial score (nSPS) is 19.6. The number of nitrogens with one attached hydrogen (secondary N) is 2. The minimum Gasteiger partial charge on any atom is -0.342 e. The Balaban J connectivity index is 2.38. The third-order valence-electron chi connectivity index (χ3n) is 6.54. The summed E-state index contributed by atoms with van der Waals surface area (Å²) >= 11 is 0. The molecule has 1 saturated heterocycles. The van der Waals surface area contributed by atoms with Gasteiger partial charge in [-0.05, 0) is 80.6 Å². The molecule has 1 unspecified atom stereocenters. The van der Waals surface area contributed by atoms with Crippen LogP contribution in [0.1, 0.15) is 107 Å². The van der Waals surface area contributed by atoms with Gasteiger partial charge in [0.05, 0.1) is 0 Å². The van der Waals surface area contributed by atoms with E-state index in [1.807, 2.05) is 9.80 Å². The first-order chi connectivity index (χ1) is 14.7. The van der Waals surface area contributed by atoms with Gasteiger partial charge in [0.25, 0.3) is 0 Å². The molecule has 6 nitrogen and oxygen atoms in total. The third-order valence-corrected chi connectivity index (χ3v) is 6.54. The summed E-state index contributed by atoms with van der Waals surface area (Å²) in [6.45, 7) is 21.4. The molecule has 1 aliphatic rings. The number of nitrogens with zero attached hydrogens (tertiary/aromatic N) is 2. The van der Waals surface area contributed by atoms with E-state index in [9.17, 15) is 9.59 Å². The fourth-order valence-electron chi connectivity index (χ4n) is 5.84. The molecular formula is C26H52N4O2. The molecule has 0 bridgehead atoms. The number of piperidine rings is 1. The van der Waals surface area contributed by atoms with Crippen LogP contribution in [0.2, 0.25) is 0 Å². The number of carbonyl (C=O) groups is 2. The molecule has 0 aliphatic carbocycles. The van der Waals surface area contributed by atoms with Crippen LogP contribution >= 0.6 is 0 Å². The number of hydrogen-bond donors (Lipinski definition) is 2. The summed E-state index contributed by atoms with van der Waals surface area (Å²) in [5.41, 5.74) is 0.0920. The molecule has 0 saturated carbocycles. The van der Waals surface area contributed by atoms with Gasteiger partial charge >= 0.3 is 0 Å². The minimum atomic E-state index is 0.00486. The van der Waals surface area contributed by atoms with E-state index in [0.29, 0.717) is 12.1 Å². The van der Waals surface area contributed by atoms with E-state index in [1.54, 1.807) is 0 Å². The second kappa shape index (κ2) is 12.4. The second-order valence-corrected chi connectivity index (χ2v) is 12.3. The quantitative estimate of drug-likeness (QED) is 0.287. The van der Waals surface area contributed by atoms with Crippen molar-refractivity contribution in [2.24, 2.45) is 0 Å². The average molecular weight is 453 g/mol. The van der Waals surface area contributed by atoms with Crippen molar-refractivity contribution in [1.82, 2.24) is 20.4 Å². The lowest BCUT2D eigenvalue weighted by Gasteiger charge is -2.49. The highest BCUT2D eigenvalue weighted by Crippen LogP contribution is 2.31. The largest absolute Gasteiger partial charge is 0.342 e. The Morgan fingerprint density at radius 2 is 1.47 bits per heavy atom. The predicted octanol–water partition coefficient (Wildman–Crippen LogP) is 4.33. The van der Waals surface area contributed by atoms with Crippen LogP contribution in [0.15, 0.2) is 0 Å². The standard InChI is InChI=1S/C26H52N4O2/c1-21(2)27-24(4,5)16-22(3)29(19-31)14-12-10-11-13-15-30(20-32)23-17-25(6,7)28-26(8,9)18-23/h19-23,27-28H,10-18H2,1-9H3. The average Bonchev–Trinajstić information content (AvgIpc) is 2.59. The molecular weight excluding hydrogens is 400 g/mol. The first-order valence-corrected chi connectivity index (χ1v) is 12.7. The Morgan fingerprint density at radius 1 is 0.938 bits per heavy atom. The molecule has 1 heterocycles. The van der Waals surface area contributed by atoms with Crippen LogP contribution in [0.5, 0.6) is 0 Å². The van der Waals surface area contributed by atoms with Gasteiger partial charge in [0.2, 0.25) is 12.8 Å². The van der Waals surface area contributed by atoms with Crippen molar-refractivity contribution >= 4 is 12.8 Å². The van der Waals surface area contributed by atoms with Gasteiger partial charge in [-0.25, -0.2) is 0 Å². The zero-order valence-corrected chi connectivity index (χ0v) is 22.5. The first kappa shape index (κ1) is 28.9. The van der Waals surface area contributed by atoms with Gasteiger partial charge in [0, 0.05) is 47.8 Å². The van der Waals surface area contributed by atoms with Crippen LogP contribution in [0.4, 0.5) is 0 Å². The highest BCUT2D eigenvalue weighted by atomic mass is 16.1. The molecule has 2 N–H and O–H groups in total. The van der Waals surface area contributed by atoms with Crippen LogP contribution in [0.25, 0.3) is 0 Å². The molecule has 0 radical (unpaired) electrons. The van der Waals surface area contributed by atoms with E-state index in [0.717, 1.165) is 70.9 Å². The smallest absolute Gasteiger partial charge is 0.209 e. The molecule has 0 aromatic rings. The molecule has 188 valence electrons. The van der Waals surface area contributed by atoms with Crippen LogP contribution in [0.3, 0.4) is 0 Å². The fraction of sp³-hybridized carbons (Fsp3) is 0.923. The van der Waals surface area contributed by atoms with Crippen LogP contribution < -0.4 is 10.6 Å². The van der Waals surface area contributed by atoms with Crippen LogP contribution in [-0.4, -0.2) is 70.5 Å². The molecule has 0 aromatic carbocycles. The molecule has 1 aliphatic heterocycles. The Hall–Kier alpha value is -1.14. The van der Waals surface area contributed by atoms with Crippen LogP contribution in [0, 0.1) is 0 Å². The van der Waals surface area contributed by atoms with Crippen LogP contribution in [-0.2, 0) is 9.59 Å². The molecule has 0 spiro atoms. The Labute approximate surface area is 198 Å². The zero-order valence-electron chi connectivity index (χ0n) is 22.5. The topological polar surface area (TPSA) is 64.7 Å². The molecule has 32 heavy (non-hydrogen) atoms. The van der Waals surface area contributed by atoms with E-state index in [4.69, 9.17) is 0 Å². The maximum atomic E-state index is 11.8. The zero-order chi connectivity index (χ0) is 24.6. The lowest BCUT2D eigenvalue weighted by atomic mass is 9.79. The van der Waals surface area contributed by atoms with E-state index >= 15 is 0 Å². The molecule has 1 atom stereocenters. The van der Waals surface area contributed by atoms with Gasteiger partial charge in [-0.1, -0.05) is 26.7 Å². The van der Waals surface area contributed by atoms with Crippen molar-refractivity contribution in [1.29, 1.82) is 0 Å². The van der Waals surface area contributed by atoms with Gasteiger partial charge in [0.15, 0.2) is 0 Å². The number of carbonyl (C=O) groups excluding carboxylic acids is 2. The first-order valence-electron chi connectivity index (χ1n) is 12.7. The Morgan fingerprint density at radius 3 is 1.94 bits per heavy atom. The monoisotopic (exact) mass is 452 g/mol. The van der Waals surface area contributed by atoms with E-state index < -0.39 is 0 Å². The minimum absolute atomic E-state index is 0.00486. The second-order valence-electron chi connectivity index (χ2n) is 12.3. The van der Waals surface area contributed by atoms with Gasteiger partial charge in [-0.2, -0.15) is 0 Å². The summed E-state index contributed by atoms with van der Waals surface area (Å²) in [6.07, 6.45) is 9.16. The molecule has 1 fully saturated rings. The number of unbranched alkanes of at least 4 members (excludes halogenated alkanes) is 3. The third kappa shape index (κ3) is 10.7. The summed E-state index contributed by atoms with van der Waals surface area (Å²) < 4.78 is 0. The Kier molecular flexibility index (Phi) is 11.2. The van der Waals surface area contributed by atoms with Gasteiger partial charge in [0.1, 0.15) is 0 Å². The number of hydrogen-bond acceptors (Lipinski definition) is 4. The highest BCUT2D eigenvalue weighted by Gasteiger charge is 2.39. The van der Waals surface area contributed by atoms with Crippen molar-refractivity contribution in [2.45, 2.75) is 142 Å². The molecule has 2 amide bonds. The molecule has 1 rings (SSSR count). The maximum Gasteiger partial charge on any atom is 0.209 e. The number of amides is 2. The van der Waals surface area contributed by atoms with Crippen molar-refractivity contribution in [2.75, 3.05) is 13.1 Å². The molecule has 6 heteroatoms. The predicted molar refractivity (Wildman–Crippen MR) is 135 cm³/mol. The van der Waals surface area contributed by atoms with E-state index in [1.165, 1.54) is 0 Å². The SMILES string of the molecule is CC(C)NC(C)(C)CC(C)N(C=O)CCCCCCN(C=O)C1CC(C)(C)NC(C)(C)C1. The van der Waals surface area contributed by atoms with Crippen molar-refractivity contribution in [3.63, 3.8) is 0 Å². The fourth-order valence-corrected chi connectivity index (χ4v) is 5.84. The number of rotatable bonds is 15. The molecule has 0 aromatic heterocycles. The summed E-state index contributed by atoms with van der Waals surface area (Å²) in [5.74, 6) is 0. The van der Waals surface area contributed by atoms with E-state index in [2.05, 4.69) is 72.9 Å². The van der Waals surface area contributed by atoms with E-state index in [-0.39, 0.29) is 22.7 Å². The Bertz CT molecular complexity index is 558. The van der Waals surface area contributed by atoms with Crippen molar-refractivity contribution in [3.8, 4) is 0 Å².